The number of ether oxygens (including phenoxy) is 2. The summed E-state index contributed by atoms with van der Waals surface area (Å²) in [5.74, 6) is 1.82. The van der Waals surface area contributed by atoms with Crippen molar-refractivity contribution in [3.63, 3.8) is 0 Å². The van der Waals surface area contributed by atoms with Crippen LogP contribution in [0.25, 0.3) is 0 Å². The van der Waals surface area contributed by atoms with Crippen molar-refractivity contribution in [3.8, 4) is 11.5 Å². The standard InChI is InChI=1S/C16H16BrN5O3/c1-24-12-7-8(6-9(17)15(12)25-2)14-13-10(4-3-5-11(13)23)18-16-19-20-21-22(14)16/h6-7,14H,3-5H2,1-2H3,(H,18,19,21). The van der Waals surface area contributed by atoms with Crippen molar-refractivity contribution in [3.05, 3.63) is 33.4 Å². The Morgan fingerprint density at radius 1 is 1.28 bits per heavy atom. The SMILES string of the molecule is COc1cc(C2C3=C(CCCC3=O)Nc3nnnn32)cc(Br)c1OC. The number of carbonyl (C=O) groups is 1. The lowest BCUT2D eigenvalue weighted by molar-refractivity contribution is -0.116. The minimum absolute atomic E-state index is 0.116. The molecule has 2 heterocycles. The van der Waals surface area contributed by atoms with Crippen molar-refractivity contribution in [1.29, 1.82) is 0 Å². The van der Waals surface area contributed by atoms with Gasteiger partial charge in [-0.25, -0.2) is 0 Å². The Balaban J connectivity index is 1.92. The third-order valence-corrected chi connectivity index (χ3v) is 5.09. The zero-order valence-electron chi connectivity index (χ0n) is 13.7. The quantitative estimate of drug-likeness (QED) is 0.838. The first-order valence-corrected chi connectivity index (χ1v) is 8.66. The fourth-order valence-corrected chi connectivity index (χ4v) is 4.04. The molecule has 0 spiro atoms. The molecular weight excluding hydrogens is 390 g/mol. The summed E-state index contributed by atoms with van der Waals surface area (Å²) in [7, 11) is 3.16. The van der Waals surface area contributed by atoms with Crippen LogP contribution >= 0.6 is 15.9 Å². The minimum atomic E-state index is -0.398. The van der Waals surface area contributed by atoms with Gasteiger partial charge in [-0.05, 0) is 56.9 Å². The summed E-state index contributed by atoms with van der Waals surface area (Å²) < 4.78 is 13.2. The molecule has 25 heavy (non-hydrogen) atoms. The summed E-state index contributed by atoms with van der Waals surface area (Å²) in [6.45, 7) is 0. The van der Waals surface area contributed by atoms with E-state index in [2.05, 4.69) is 36.8 Å². The fraction of sp³-hybridized carbons (Fsp3) is 0.375. The smallest absolute Gasteiger partial charge is 0.248 e. The number of ketones is 1. The molecule has 9 heteroatoms. The number of hydrogen-bond donors (Lipinski definition) is 1. The van der Waals surface area contributed by atoms with Crippen LogP contribution in [0.5, 0.6) is 11.5 Å². The molecule has 2 aromatic rings. The van der Waals surface area contributed by atoms with E-state index in [4.69, 9.17) is 9.47 Å². The molecule has 1 aliphatic heterocycles. The molecule has 0 bridgehead atoms. The van der Waals surface area contributed by atoms with E-state index in [1.54, 1.807) is 18.9 Å². The van der Waals surface area contributed by atoms with Gasteiger partial charge in [0.25, 0.3) is 0 Å². The summed E-state index contributed by atoms with van der Waals surface area (Å²) >= 11 is 3.52. The van der Waals surface area contributed by atoms with Crippen molar-refractivity contribution in [2.45, 2.75) is 25.3 Å². The third kappa shape index (κ3) is 2.50. The van der Waals surface area contributed by atoms with Crippen molar-refractivity contribution in [2.75, 3.05) is 19.5 Å². The first-order valence-electron chi connectivity index (χ1n) is 7.86. The van der Waals surface area contributed by atoms with E-state index in [-0.39, 0.29) is 5.78 Å². The Bertz CT molecular complexity index is 892. The Morgan fingerprint density at radius 3 is 2.88 bits per heavy atom. The van der Waals surface area contributed by atoms with Gasteiger partial charge in [0, 0.05) is 17.7 Å². The predicted octanol–water partition coefficient (Wildman–Crippen LogP) is 2.47. The molecule has 1 aromatic carbocycles. The van der Waals surface area contributed by atoms with Crippen LogP contribution in [0.1, 0.15) is 30.9 Å². The largest absolute Gasteiger partial charge is 0.493 e. The summed E-state index contributed by atoms with van der Waals surface area (Å²) in [6.07, 6.45) is 2.16. The molecular formula is C16H16BrN5O3. The van der Waals surface area contributed by atoms with Gasteiger partial charge >= 0.3 is 0 Å². The zero-order valence-corrected chi connectivity index (χ0v) is 15.3. The number of tetrazole rings is 1. The van der Waals surface area contributed by atoms with Crippen LogP contribution in [-0.2, 0) is 4.79 Å². The number of nitrogens with one attached hydrogen (secondary N) is 1. The van der Waals surface area contributed by atoms with Gasteiger partial charge in [-0.1, -0.05) is 5.10 Å². The van der Waals surface area contributed by atoms with Crippen LogP contribution in [0, 0.1) is 0 Å². The molecule has 0 radical (unpaired) electrons. The lowest BCUT2D eigenvalue weighted by Crippen LogP contribution is -2.31. The van der Waals surface area contributed by atoms with Gasteiger partial charge < -0.3 is 14.8 Å². The van der Waals surface area contributed by atoms with E-state index in [0.717, 1.165) is 28.6 Å². The minimum Gasteiger partial charge on any atom is -0.493 e. The van der Waals surface area contributed by atoms with Gasteiger partial charge in [-0.2, -0.15) is 4.68 Å². The number of carbonyl (C=O) groups excluding carboxylic acids is 1. The van der Waals surface area contributed by atoms with Gasteiger partial charge in [-0.3, -0.25) is 4.79 Å². The zero-order chi connectivity index (χ0) is 17.6. The third-order valence-electron chi connectivity index (χ3n) is 4.50. The number of halogens is 1. The monoisotopic (exact) mass is 405 g/mol. The average molecular weight is 406 g/mol. The van der Waals surface area contributed by atoms with Crippen LogP contribution in [0.2, 0.25) is 0 Å². The van der Waals surface area contributed by atoms with E-state index in [9.17, 15) is 4.79 Å². The molecule has 2 aliphatic rings. The Morgan fingerprint density at radius 2 is 2.12 bits per heavy atom. The Hall–Kier alpha value is -2.42. The molecule has 130 valence electrons. The Labute approximate surface area is 152 Å². The van der Waals surface area contributed by atoms with E-state index in [1.807, 2.05) is 12.1 Å². The van der Waals surface area contributed by atoms with Gasteiger partial charge in [0.15, 0.2) is 17.3 Å². The second-order valence-corrected chi connectivity index (χ2v) is 6.74. The number of hydrogen-bond acceptors (Lipinski definition) is 7. The summed E-state index contributed by atoms with van der Waals surface area (Å²) in [5.41, 5.74) is 2.46. The van der Waals surface area contributed by atoms with Gasteiger partial charge in [0.05, 0.1) is 18.7 Å². The molecule has 0 saturated carbocycles. The highest BCUT2D eigenvalue weighted by molar-refractivity contribution is 9.10. The number of allylic oxidation sites excluding steroid dienone is 2. The van der Waals surface area contributed by atoms with Crippen LogP contribution < -0.4 is 14.8 Å². The first kappa shape index (κ1) is 16.1. The fourth-order valence-electron chi connectivity index (χ4n) is 3.42. The van der Waals surface area contributed by atoms with E-state index < -0.39 is 6.04 Å². The van der Waals surface area contributed by atoms with Gasteiger partial charge in [0.2, 0.25) is 5.95 Å². The lowest BCUT2D eigenvalue weighted by atomic mass is 9.85. The van der Waals surface area contributed by atoms with Crippen LogP contribution in [-0.4, -0.2) is 40.2 Å². The van der Waals surface area contributed by atoms with Gasteiger partial charge in [0.1, 0.15) is 6.04 Å². The number of methoxy groups -OCH3 is 2. The van der Waals surface area contributed by atoms with Crippen molar-refractivity contribution in [1.82, 2.24) is 20.2 Å². The highest BCUT2D eigenvalue weighted by Gasteiger charge is 2.37. The maximum Gasteiger partial charge on any atom is 0.248 e. The maximum atomic E-state index is 12.7. The van der Waals surface area contributed by atoms with E-state index in [0.29, 0.717) is 29.4 Å². The molecule has 1 aromatic heterocycles. The molecule has 8 nitrogen and oxygen atoms in total. The molecule has 1 N–H and O–H groups in total. The molecule has 1 aliphatic carbocycles. The summed E-state index contributed by atoms with van der Waals surface area (Å²) in [4.78, 5) is 12.7. The molecule has 0 fully saturated rings. The number of nitrogens with zero attached hydrogens (tertiary/aromatic N) is 4. The summed E-state index contributed by atoms with van der Waals surface area (Å²) in [5, 5.41) is 15.1. The number of rotatable bonds is 3. The number of fused-ring (bicyclic) bond motifs is 1. The topological polar surface area (TPSA) is 91.2 Å². The molecule has 0 amide bonds. The highest BCUT2D eigenvalue weighted by Crippen LogP contribution is 2.44. The predicted molar refractivity (Wildman–Crippen MR) is 92.7 cm³/mol. The number of benzene rings is 1. The molecule has 4 rings (SSSR count). The van der Waals surface area contributed by atoms with Crippen LogP contribution in [0.15, 0.2) is 27.9 Å². The van der Waals surface area contributed by atoms with Crippen molar-refractivity contribution < 1.29 is 14.3 Å². The van der Waals surface area contributed by atoms with Crippen LogP contribution in [0.4, 0.5) is 5.95 Å². The first-order chi connectivity index (χ1) is 12.1. The van der Waals surface area contributed by atoms with E-state index in [1.165, 1.54) is 0 Å². The molecule has 0 saturated heterocycles. The lowest BCUT2D eigenvalue weighted by Gasteiger charge is -2.31. The van der Waals surface area contributed by atoms with E-state index >= 15 is 0 Å². The summed E-state index contributed by atoms with van der Waals surface area (Å²) in [6, 6.07) is 3.37. The number of Topliss-reactive ketones (excluding diaryl/α,β-unsaturated/α-hetero) is 1. The number of aromatic nitrogens is 4. The normalized spacial score (nSPS) is 19.2. The second kappa shape index (κ2) is 6.14. The average Bonchev–Trinajstić information content (AvgIpc) is 3.07. The number of anilines is 1. The highest BCUT2D eigenvalue weighted by atomic mass is 79.9. The van der Waals surface area contributed by atoms with Crippen LogP contribution in [0.3, 0.4) is 0 Å². The van der Waals surface area contributed by atoms with Crippen molar-refractivity contribution in [2.24, 2.45) is 0 Å². The molecule has 1 unspecified atom stereocenters. The van der Waals surface area contributed by atoms with Crippen molar-refractivity contribution >= 4 is 27.7 Å². The second-order valence-electron chi connectivity index (χ2n) is 5.88. The van der Waals surface area contributed by atoms with Gasteiger partial charge in [-0.15, -0.1) is 0 Å². The maximum absolute atomic E-state index is 12.7. The Kier molecular flexibility index (Phi) is 3.95. The molecule has 1 atom stereocenters.